The maximum Gasteiger partial charge on any atom is -0.0347 e. The molecule has 0 N–H and O–H groups in total. The summed E-state index contributed by atoms with van der Waals surface area (Å²) in [6.07, 6.45) is 41.8. The lowest BCUT2D eigenvalue weighted by Gasteiger charge is -2.04. The number of hydrogen-bond acceptors (Lipinski definition) is 0. The Bertz CT molecular complexity index is 322. The molecule has 0 aromatic rings. The number of unbranched alkanes of at least 4 members (excludes halogenated alkanes) is 26. The minimum Gasteiger partial charge on any atom is -0.114 e. The SMILES string of the molecule is CCCCCCCCCCCCCCCCCCCCCCCCCCCC/C=C/P. The van der Waals surface area contributed by atoms with Gasteiger partial charge in [-0.1, -0.05) is 179 Å². The molecule has 0 fully saturated rings. The van der Waals surface area contributed by atoms with Gasteiger partial charge in [0.2, 0.25) is 0 Å². The third-order valence-electron chi connectivity index (χ3n) is 6.86. The highest BCUT2D eigenvalue weighted by atomic mass is 31.0. The molecular weight excluding hydrogens is 391 g/mol. The van der Waals surface area contributed by atoms with Gasteiger partial charge in [-0.05, 0) is 12.8 Å². The van der Waals surface area contributed by atoms with Gasteiger partial charge in [0.15, 0.2) is 0 Å². The summed E-state index contributed by atoms with van der Waals surface area (Å²) in [5.74, 6) is 2.10. The van der Waals surface area contributed by atoms with E-state index in [4.69, 9.17) is 0 Å². The molecular formula is C30H61P. The summed E-state index contributed by atoms with van der Waals surface area (Å²) in [7, 11) is 2.66. The monoisotopic (exact) mass is 452 g/mol. The van der Waals surface area contributed by atoms with Crippen LogP contribution in [0.2, 0.25) is 0 Å². The zero-order chi connectivity index (χ0) is 22.5. The minimum absolute atomic E-state index is 1.27. The van der Waals surface area contributed by atoms with Gasteiger partial charge in [-0.15, -0.1) is 9.24 Å². The van der Waals surface area contributed by atoms with Crippen molar-refractivity contribution in [2.24, 2.45) is 0 Å². The maximum absolute atomic E-state index is 2.66. The molecule has 0 rings (SSSR count). The Labute approximate surface area is 201 Å². The van der Waals surface area contributed by atoms with Crippen molar-refractivity contribution in [3.8, 4) is 0 Å². The van der Waals surface area contributed by atoms with E-state index in [1.807, 2.05) is 0 Å². The van der Waals surface area contributed by atoms with Crippen LogP contribution in [0.15, 0.2) is 11.9 Å². The van der Waals surface area contributed by atoms with Crippen LogP contribution in [0.5, 0.6) is 0 Å². The van der Waals surface area contributed by atoms with Crippen LogP contribution in [-0.2, 0) is 0 Å². The van der Waals surface area contributed by atoms with Gasteiger partial charge in [0.1, 0.15) is 0 Å². The van der Waals surface area contributed by atoms with Gasteiger partial charge in [0, 0.05) is 0 Å². The van der Waals surface area contributed by atoms with Gasteiger partial charge in [0.05, 0.1) is 0 Å². The fourth-order valence-corrected chi connectivity index (χ4v) is 4.87. The number of hydrogen-bond donors (Lipinski definition) is 0. The van der Waals surface area contributed by atoms with Crippen molar-refractivity contribution in [2.45, 2.75) is 180 Å². The molecule has 186 valence electrons. The van der Waals surface area contributed by atoms with Crippen molar-refractivity contribution >= 4 is 9.24 Å². The highest BCUT2D eigenvalue weighted by molar-refractivity contribution is 7.20. The standard InChI is InChI=1S/C30H61P/c1-2-3-4-5-6-7-8-9-10-11-12-13-14-15-16-17-18-19-20-21-22-23-24-25-26-27-28-29-30-31/h29-30H,2-28,31H2,1H3/b30-29+. The molecule has 0 saturated carbocycles. The lowest BCUT2D eigenvalue weighted by Crippen LogP contribution is -1.84. The molecule has 0 nitrogen and oxygen atoms in total. The minimum atomic E-state index is 1.27. The van der Waals surface area contributed by atoms with Gasteiger partial charge < -0.3 is 0 Å². The molecule has 0 aromatic carbocycles. The fourth-order valence-electron chi connectivity index (χ4n) is 4.67. The van der Waals surface area contributed by atoms with E-state index in [2.05, 4.69) is 28.1 Å². The smallest absolute Gasteiger partial charge is 0.0347 e. The van der Waals surface area contributed by atoms with Crippen molar-refractivity contribution in [1.29, 1.82) is 0 Å². The molecule has 0 heterocycles. The third kappa shape index (κ3) is 30.2. The summed E-state index contributed by atoms with van der Waals surface area (Å²) in [5, 5.41) is 0. The van der Waals surface area contributed by atoms with Crippen LogP contribution in [0.1, 0.15) is 180 Å². The van der Waals surface area contributed by atoms with Crippen molar-refractivity contribution < 1.29 is 0 Å². The predicted octanol–water partition coefficient (Wildman–Crippen LogP) is 11.9. The van der Waals surface area contributed by atoms with Crippen LogP contribution >= 0.6 is 9.24 Å². The largest absolute Gasteiger partial charge is 0.114 e. The van der Waals surface area contributed by atoms with E-state index in [0.717, 1.165) is 0 Å². The van der Waals surface area contributed by atoms with Gasteiger partial charge in [-0.3, -0.25) is 0 Å². The van der Waals surface area contributed by atoms with Gasteiger partial charge in [0.25, 0.3) is 0 Å². The van der Waals surface area contributed by atoms with Crippen LogP contribution in [-0.4, -0.2) is 0 Å². The van der Waals surface area contributed by atoms with Crippen LogP contribution in [0.4, 0.5) is 0 Å². The van der Waals surface area contributed by atoms with Crippen LogP contribution < -0.4 is 0 Å². The molecule has 0 aromatic heterocycles. The predicted molar refractivity (Wildman–Crippen MR) is 149 cm³/mol. The van der Waals surface area contributed by atoms with Crippen molar-refractivity contribution in [1.82, 2.24) is 0 Å². The molecule has 0 aliphatic rings. The average Bonchev–Trinajstić information content (AvgIpc) is 2.78. The molecule has 1 heteroatoms. The zero-order valence-electron chi connectivity index (χ0n) is 21.8. The van der Waals surface area contributed by atoms with E-state index in [0.29, 0.717) is 0 Å². The second kappa shape index (κ2) is 30.2. The molecule has 0 bridgehead atoms. The first-order valence-corrected chi connectivity index (χ1v) is 15.4. The molecule has 0 amide bonds. The Kier molecular flexibility index (Phi) is 30.3. The first-order valence-electron chi connectivity index (χ1n) is 14.8. The lowest BCUT2D eigenvalue weighted by atomic mass is 10.0. The highest BCUT2D eigenvalue weighted by Crippen LogP contribution is 2.16. The average molecular weight is 453 g/mol. The Morgan fingerprint density at radius 3 is 0.806 bits per heavy atom. The molecule has 0 spiro atoms. The molecule has 0 aliphatic carbocycles. The summed E-state index contributed by atoms with van der Waals surface area (Å²) < 4.78 is 0. The molecule has 0 radical (unpaired) electrons. The summed E-state index contributed by atoms with van der Waals surface area (Å²) in [5.41, 5.74) is 0. The zero-order valence-corrected chi connectivity index (χ0v) is 23.0. The fraction of sp³-hybridized carbons (Fsp3) is 0.933. The van der Waals surface area contributed by atoms with Crippen LogP contribution in [0.25, 0.3) is 0 Å². The summed E-state index contributed by atoms with van der Waals surface area (Å²) in [6.45, 7) is 2.30. The van der Waals surface area contributed by atoms with Gasteiger partial charge in [-0.2, -0.15) is 0 Å². The Hall–Kier alpha value is 0.170. The van der Waals surface area contributed by atoms with Crippen LogP contribution in [0.3, 0.4) is 0 Å². The molecule has 0 saturated heterocycles. The topological polar surface area (TPSA) is 0 Å². The van der Waals surface area contributed by atoms with E-state index >= 15 is 0 Å². The van der Waals surface area contributed by atoms with E-state index in [-0.39, 0.29) is 0 Å². The van der Waals surface area contributed by atoms with Crippen molar-refractivity contribution in [3.05, 3.63) is 11.9 Å². The van der Waals surface area contributed by atoms with Crippen molar-refractivity contribution in [3.63, 3.8) is 0 Å². The Morgan fingerprint density at radius 2 is 0.581 bits per heavy atom. The van der Waals surface area contributed by atoms with Gasteiger partial charge in [-0.25, -0.2) is 0 Å². The second-order valence-electron chi connectivity index (χ2n) is 10.1. The van der Waals surface area contributed by atoms with E-state index < -0.39 is 0 Å². The van der Waals surface area contributed by atoms with Crippen molar-refractivity contribution in [2.75, 3.05) is 0 Å². The van der Waals surface area contributed by atoms with Crippen LogP contribution in [0, 0.1) is 0 Å². The molecule has 1 atom stereocenters. The normalized spacial score (nSPS) is 11.7. The van der Waals surface area contributed by atoms with E-state index in [1.165, 1.54) is 173 Å². The first kappa shape index (κ1) is 31.2. The second-order valence-corrected chi connectivity index (χ2v) is 10.4. The summed E-state index contributed by atoms with van der Waals surface area (Å²) in [4.78, 5) is 0. The highest BCUT2D eigenvalue weighted by Gasteiger charge is 1.96. The molecule has 31 heavy (non-hydrogen) atoms. The molecule has 1 unspecified atom stereocenters. The first-order chi connectivity index (χ1) is 15.4. The van der Waals surface area contributed by atoms with E-state index in [1.54, 1.807) is 0 Å². The molecule has 0 aliphatic heterocycles. The van der Waals surface area contributed by atoms with E-state index in [9.17, 15) is 0 Å². The third-order valence-corrected chi connectivity index (χ3v) is 7.13. The lowest BCUT2D eigenvalue weighted by molar-refractivity contribution is 0.515. The Morgan fingerprint density at radius 1 is 0.355 bits per heavy atom. The number of allylic oxidation sites excluding steroid dienone is 1. The maximum atomic E-state index is 2.66. The summed E-state index contributed by atoms with van der Waals surface area (Å²) >= 11 is 0. The Balaban J connectivity index is 2.99. The quantitative estimate of drug-likeness (QED) is 0.0858. The van der Waals surface area contributed by atoms with Gasteiger partial charge >= 0.3 is 0 Å². The number of rotatable bonds is 27. The summed E-state index contributed by atoms with van der Waals surface area (Å²) in [6, 6.07) is 0.